The zero-order chi connectivity index (χ0) is 6.85. The topological polar surface area (TPSA) is 26.3 Å². The molecule has 3 radical (unpaired) electrons. The first-order valence-corrected chi connectivity index (χ1v) is 3.68. The molecule has 1 fully saturated rings. The van der Waals surface area contributed by atoms with E-state index < -0.39 is 0 Å². The van der Waals surface area contributed by atoms with E-state index in [0.29, 0.717) is 12.0 Å². The molecular formula is C6H9O2Si. The molecule has 3 heteroatoms. The van der Waals surface area contributed by atoms with Gasteiger partial charge in [-0.1, -0.05) is 0 Å². The third-order valence-electron chi connectivity index (χ3n) is 1.54. The Morgan fingerprint density at radius 3 is 2.89 bits per heavy atom. The molecule has 0 saturated carbocycles. The maximum absolute atomic E-state index is 10.6. The van der Waals surface area contributed by atoms with Crippen LogP contribution in [-0.2, 0) is 9.53 Å². The van der Waals surface area contributed by atoms with E-state index in [1.54, 1.807) is 0 Å². The SMILES string of the molecule is CC1OC(=O)CCC1[Si]. The third-order valence-corrected chi connectivity index (χ3v) is 2.30. The second-order valence-electron chi connectivity index (χ2n) is 2.34. The van der Waals surface area contributed by atoms with E-state index >= 15 is 0 Å². The van der Waals surface area contributed by atoms with Crippen LogP contribution in [0.5, 0.6) is 0 Å². The fourth-order valence-electron chi connectivity index (χ4n) is 0.856. The summed E-state index contributed by atoms with van der Waals surface area (Å²) < 4.78 is 4.91. The second kappa shape index (κ2) is 2.52. The van der Waals surface area contributed by atoms with Gasteiger partial charge in [0.1, 0.15) is 0 Å². The molecule has 1 heterocycles. The first kappa shape index (κ1) is 6.80. The minimum Gasteiger partial charge on any atom is -0.463 e. The molecule has 9 heavy (non-hydrogen) atoms. The molecule has 1 aliphatic heterocycles. The Labute approximate surface area is 58.0 Å². The Bertz CT molecular complexity index is 124. The van der Waals surface area contributed by atoms with Gasteiger partial charge in [-0.05, 0) is 18.9 Å². The molecule has 1 saturated heterocycles. The zero-order valence-electron chi connectivity index (χ0n) is 5.39. The lowest BCUT2D eigenvalue weighted by atomic mass is 10.1. The normalized spacial score (nSPS) is 36.0. The van der Waals surface area contributed by atoms with E-state index in [1.165, 1.54) is 0 Å². The first-order valence-electron chi connectivity index (χ1n) is 3.11. The van der Waals surface area contributed by atoms with E-state index in [4.69, 9.17) is 4.74 Å². The van der Waals surface area contributed by atoms with Crippen LogP contribution in [0.15, 0.2) is 0 Å². The minimum atomic E-state index is -0.0722. The number of esters is 1. The van der Waals surface area contributed by atoms with Crippen molar-refractivity contribution in [3.63, 3.8) is 0 Å². The third kappa shape index (κ3) is 1.54. The van der Waals surface area contributed by atoms with Crippen molar-refractivity contribution >= 4 is 16.2 Å². The zero-order valence-corrected chi connectivity index (χ0v) is 6.39. The number of rotatable bonds is 0. The van der Waals surface area contributed by atoms with Gasteiger partial charge in [-0.25, -0.2) is 0 Å². The average Bonchev–Trinajstić information content (AvgIpc) is 1.80. The van der Waals surface area contributed by atoms with Gasteiger partial charge in [0, 0.05) is 16.7 Å². The van der Waals surface area contributed by atoms with Crippen LogP contribution in [-0.4, -0.2) is 22.3 Å². The Balaban J connectivity index is 2.44. The Kier molecular flexibility index (Phi) is 1.90. The van der Waals surface area contributed by atoms with Gasteiger partial charge < -0.3 is 4.74 Å². The molecule has 2 unspecified atom stereocenters. The quantitative estimate of drug-likeness (QED) is 0.366. The van der Waals surface area contributed by atoms with Crippen molar-refractivity contribution in [1.29, 1.82) is 0 Å². The molecule has 0 amide bonds. The number of carbonyl (C=O) groups is 1. The first-order chi connectivity index (χ1) is 4.20. The van der Waals surface area contributed by atoms with Gasteiger partial charge in [0.15, 0.2) is 0 Å². The number of carbonyl (C=O) groups excluding carboxylic acids is 1. The van der Waals surface area contributed by atoms with Crippen molar-refractivity contribution in [2.75, 3.05) is 0 Å². The van der Waals surface area contributed by atoms with E-state index in [2.05, 4.69) is 10.2 Å². The highest BCUT2D eigenvalue weighted by atomic mass is 28.1. The molecule has 0 aromatic carbocycles. The molecule has 0 N–H and O–H groups in total. The van der Waals surface area contributed by atoms with Crippen molar-refractivity contribution in [3.8, 4) is 0 Å². The average molecular weight is 141 g/mol. The number of cyclic esters (lactones) is 1. The van der Waals surface area contributed by atoms with Gasteiger partial charge in [0.05, 0.1) is 6.10 Å². The van der Waals surface area contributed by atoms with Gasteiger partial charge in [-0.15, -0.1) is 0 Å². The lowest BCUT2D eigenvalue weighted by Gasteiger charge is -2.24. The summed E-state index contributed by atoms with van der Waals surface area (Å²) in [5.74, 6) is -0.0722. The summed E-state index contributed by atoms with van der Waals surface area (Å²) in [5, 5.41) is 0. The maximum atomic E-state index is 10.6. The highest BCUT2D eigenvalue weighted by Crippen LogP contribution is 2.22. The highest BCUT2D eigenvalue weighted by molar-refractivity contribution is 6.12. The smallest absolute Gasteiger partial charge is 0.306 e. The predicted molar refractivity (Wildman–Crippen MR) is 34.3 cm³/mol. The summed E-state index contributed by atoms with van der Waals surface area (Å²) in [7, 11) is 3.45. The molecule has 2 nitrogen and oxygen atoms in total. The Morgan fingerprint density at radius 1 is 1.78 bits per heavy atom. The predicted octanol–water partition coefficient (Wildman–Crippen LogP) is 0.669. The van der Waals surface area contributed by atoms with Crippen molar-refractivity contribution in [1.82, 2.24) is 0 Å². The number of hydrogen-bond acceptors (Lipinski definition) is 2. The van der Waals surface area contributed by atoms with E-state index in [-0.39, 0.29) is 12.1 Å². The van der Waals surface area contributed by atoms with Gasteiger partial charge in [0.25, 0.3) is 0 Å². The number of hydrogen-bond donors (Lipinski definition) is 0. The molecule has 49 valence electrons. The van der Waals surface area contributed by atoms with Crippen LogP contribution in [0.1, 0.15) is 19.8 Å². The van der Waals surface area contributed by atoms with Gasteiger partial charge >= 0.3 is 5.97 Å². The summed E-state index contributed by atoms with van der Waals surface area (Å²) in [5.41, 5.74) is 0.350. The lowest BCUT2D eigenvalue weighted by molar-refractivity contribution is -0.152. The fourth-order valence-corrected chi connectivity index (χ4v) is 1.07. The lowest BCUT2D eigenvalue weighted by Crippen LogP contribution is -2.26. The van der Waals surface area contributed by atoms with E-state index in [9.17, 15) is 4.79 Å². The molecule has 0 bridgehead atoms. The van der Waals surface area contributed by atoms with Crippen LogP contribution in [0.4, 0.5) is 0 Å². The monoisotopic (exact) mass is 141 g/mol. The molecule has 0 aromatic heterocycles. The minimum absolute atomic E-state index is 0.0444. The van der Waals surface area contributed by atoms with Gasteiger partial charge in [0.2, 0.25) is 0 Å². The Morgan fingerprint density at radius 2 is 2.44 bits per heavy atom. The van der Waals surface area contributed by atoms with Crippen molar-refractivity contribution < 1.29 is 9.53 Å². The van der Waals surface area contributed by atoms with Gasteiger partial charge in [-0.2, -0.15) is 0 Å². The molecular weight excluding hydrogens is 132 g/mol. The number of ether oxygens (including phenoxy) is 1. The van der Waals surface area contributed by atoms with Crippen molar-refractivity contribution in [2.45, 2.75) is 31.4 Å². The van der Waals surface area contributed by atoms with E-state index in [1.807, 2.05) is 6.92 Å². The van der Waals surface area contributed by atoms with Crippen LogP contribution in [0.2, 0.25) is 5.54 Å². The second-order valence-corrected chi connectivity index (χ2v) is 3.08. The molecule has 0 spiro atoms. The van der Waals surface area contributed by atoms with Crippen LogP contribution in [0, 0.1) is 0 Å². The summed E-state index contributed by atoms with van der Waals surface area (Å²) in [6, 6.07) is 0. The molecule has 0 aliphatic carbocycles. The molecule has 0 aromatic rings. The van der Waals surface area contributed by atoms with Crippen molar-refractivity contribution in [2.24, 2.45) is 0 Å². The summed E-state index contributed by atoms with van der Waals surface area (Å²) in [6.07, 6.45) is 1.50. The fraction of sp³-hybridized carbons (Fsp3) is 0.833. The van der Waals surface area contributed by atoms with Crippen LogP contribution in [0.25, 0.3) is 0 Å². The molecule has 1 aliphatic rings. The summed E-state index contributed by atoms with van der Waals surface area (Å²) >= 11 is 0. The molecule has 1 rings (SSSR count). The standard InChI is InChI=1S/C6H9O2Si/c1-4-5(9)2-3-6(7)8-4/h4-5H,2-3H2,1H3. The van der Waals surface area contributed by atoms with Crippen LogP contribution in [0.3, 0.4) is 0 Å². The van der Waals surface area contributed by atoms with Crippen LogP contribution < -0.4 is 0 Å². The van der Waals surface area contributed by atoms with Crippen molar-refractivity contribution in [3.05, 3.63) is 0 Å². The van der Waals surface area contributed by atoms with E-state index in [0.717, 1.165) is 6.42 Å². The summed E-state index contributed by atoms with van der Waals surface area (Å²) in [4.78, 5) is 10.6. The summed E-state index contributed by atoms with van der Waals surface area (Å²) in [6.45, 7) is 1.90. The van der Waals surface area contributed by atoms with Gasteiger partial charge in [-0.3, -0.25) is 4.79 Å². The van der Waals surface area contributed by atoms with Crippen LogP contribution >= 0.6 is 0 Å². The largest absolute Gasteiger partial charge is 0.463 e. The highest BCUT2D eigenvalue weighted by Gasteiger charge is 2.22. The molecule has 2 atom stereocenters. The Hall–Kier alpha value is -0.313. The maximum Gasteiger partial charge on any atom is 0.306 e.